The van der Waals surface area contributed by atoms with Crippen molar-refractivity contribution in [2.75, 3.05) is 0 Å². The number of pyridine rings is 1. The fourth-order valence-electron chi connectivity index (χ4n) is 1.16. The van der Waals surface area contributed by atoms with Crippen LogP contribution in [0.5, 0.6) is 0 Å². The smallest absolute Gasteiger partial charge is 0.357 e. The van der Waals surface area contributed by atoms with Gasteiger partial charge in [0.05, 0.1) is 15.0 Å². The number of aromatic nitrogens is 2. The van der Waals surface area contributed by atoms with E-state index in [1.807, 2.05) is 0 Å². The first-order valence-corrected chi connectivity index (χ1v) is 4.84. The van der Waals surface area contributed by atoms with Gasteiger partial charge >= 0.3 is 5.97 Å². The standard InChI is InChI=1S/C8H4BrClN2O2/c9-5-6(8(13)14)11-12-3-1-2-4(10)7(5)12/h1-3H,(H,13,14). The number of carboxylic acids is 1. The highest BCUT2D eigenvalue weighted by Gasteiger charge is 2.17. The third-order valence-electron chi connectivity index (χ3n) is 1.75. The third-order valence-corrected chi connectivity index (χ3v) is 2.81. The molecule has 0 aromatic carbocycles. The van der Waals surface area contributed by atoms with E-state index in [9.17, 15) is 4.79 Å². The van der Waals surface area contributed by atoms with Gasteiger partial charge in [-0.05, 0) is 28.1 Å². The van der Waals surface area contributed by atoms with Crippen LogP contribution in [0, 0.1) is 0 Å². The zero-order valence-corrected chi connectivity index (χ0v) is 9.08. The number of carbonyl (C=O) groups is 1. The number of rotatable bonds is 1. The Morgan fingerprint density at radius 1 is 1.64 bits per heavy atom. The van der Waals surface area contributed by atoms with E-state index in [-0.39, 0.29) is 5.69 Å². The van der Waals surface area contributed by atoms with Crippen LogP contribution in [-0.4, -0.2) is 20.7 Å². The van der Waals surface area contributed by atoms with Gasteiger partial charge in [0.1, 0.15) is 0 Å². The van der Waals surface area contributed by atoms with Crippen molar-refractivity contribution in [3.8, 4) is 0 Å². The average molecular weight is 275 g/mol. The molecule has 2 aromatic rings. The Labute approximate surface area is 92.2 Å². The molecule has 0 amide bonds. The minimum Gasteiger partial charge on any atom is -0.476 e. The molecule has 4 nitrogen and oxygen atoms in total. The van der Waals surface area contributed by atoms with Crippen molar-refractivity contribution < 1.29 is 9.90 Å². The highest BCUT2D eigenvalue weighted by atomic mass is 79.9. The van der Waals surface area contributed by atoms with Crippen LogP contribution in [0.25, 0.3) is 5.52 Å². The highest BCUT2D eigenvalue weighted by molar-refractivity contribution is 9.10. The van der Waals surface area contributed by atoms with Crippen LogP contribution in [0.1, 0.15) is 10.5 Å². The summed E-state index contributed by atoms with van der Waals surface area (Å²) in [6.07, 6.45) is 1.64. The first-order valence-electron chi connectivity index (χ1n) is 3.67. The molecule has 14 heavy (non-hydrogen) atoms. The number of hydrogen-bond acceptors (Lipinski definition) is 2. The minimum absolute atomic E-state index is 0.0434. The summed E-state index contributed by atoms with van der Waals surface area (Å²) in [6.45, 7) is 0. The lowest BCUT2D eigenvalue weighted by Gasteiger charge is -1.93. The van der Waals surface area contributed by atoms with Crippen molar-refractivity contribution in [2.45, 2.75) is 0 Å². The minimum atomic E-state index is -1.09. The van der Waals surface area contributed by atoms with Crippen LogP contribution >= 0.6 is 27.5 Å². The van der Waals surface area contributed by atoms with E-state index >= 15 is 0 Å². The fraction of sp³-hybridized carbons (Fsp3) is 0. The molecule has 0 radical (unpaired) electrons. The first-order chi connectivity index (χ1) is 6.61. The van der Waals surface area contributed by atoms with Gasteiger partial charge in [-0.15, -0.1) is 0 Å². The maximum Gasteiger partial charge on any atom is 0.357 e. The van der Waals surface area contributed by atoms with Gasteiger partial charge in [-0.1, -0.05) is 11.6 Å². The molecule has 0 aliphatic rings. The number of hydrogen-bond donors (Lipinski definition) is 1. The van der Waals surface area contributed by atoms with E-state index in [2.05, 4.69) is 21.0 Å². The van der Waals surface area contributed by atoms with E-state index in [1.165, 1.54) is 4.52 Å². The molecule has 0 aliphatic heterocycles. The van der Waals surface area contributed by atoms with Gasteiger partial charge in [-0.3, -0.25) is 0 Å². The van der Waals surface area contributed by atoms with E-state index in [4.69, 9.17) is 16.7 Å². The van der Waals surface area contributed by atoms with E-state index in [0.29, 0.717) is 15.0 Å². The second-order valence-corrected chi connectivity index (χ2v) is 3.82. The van der Waals surface area contributed by atoms with Crippen molar-refractivity contribution in [2.24, 2.45) is 0 Å². The summed E-state index contributed by atoms with van der Waals surface area (Å²) in [5.74, 6) is -1.09. The molecule has 2 rings (SSSR count). The molecule has 0 fully saturated rings. The van der Waals surface area contributed by atoms with Crippen LogP contribution in [0.3, 0.4) is 0 Å². The van der Waals surface area contributed by atoms with Crippen molar-refractivity contribution >= 4 is 39.0 Å². The first kappa shape index (κ1) is 9.48. The molecule has 0 unspecified atom stereocenters. The second kappa shape index (κ2) is 3.25. The molecule has 0 atom stereocenters. The van der Waals surface area contributed by atoms with Gasteiger partial charge in [-0.25, -0.2) is 9.31 Å². The van der Waals surface area contributed by atoms with E-state index in [1.54, 1.807) is 18.3 Å². The summed E-state index contributed by atoms with van der Waals surface area (Å²) in [6, 6.07) is 3.37. The van der Waals surface area contributed by atoms with Gasteiger partial charge in [0.2, 0.25) is 0 Å². The summed E-state index contributed by atoms with van der Waals surface area (Å²) in [5, 5.41) is 13.1. The van der Waals surface area contributed by atoms with Crippen LogP contribution in [0.2, 0.25) is 5.02 Å². The molecular weight excluding hydrogens is 271 g/mol. The monoisotopic (exact) mass is 274 g/mol. The molecule has 72 valence electrons. The number of halogens is 2. The Kier molecular flexibility index (Phi) is 2.20. The maximum absolute atomic E-state index is 10.8. The largest absolute Gasteiger partial charge is 0.476 e. The molecule has 0 saturated carbocycles. The second-order valence-electron chi connectivity index (χ2n) is 2.62. The lowest BCUT2D eigenvalue weighted by Crippen LogP contribution is -1.98. The SMILES string of the molecule is O=C(O)c1nn2cccc(Cl)c2c1Br. The van der Waals surface area contributed by atoms with Gasteiger partial charge in [0.25, 0.3) is 0 Å². The van der Waals surface area contributed by atoms with Crippen molar-refractivity contribution in [1.29, 1.82) is 0 Å². The third kappa shape index (κ3) is 1.29. The molecule has 1 N–H and O–H groups in total. The number of carboxylic acid groups (broad SMARTS) is 1. The quantitative estimate of drug-likeness (QED) is 0.870. The van der Waals surface area contributed by atoms with Gasteiger partial charge < -0.3 is 5.11 Å². The molecule has 6 heteroatoms. The predicted molar refractivity (Wildman–Crippen MR) is 54.9 cm³/mol. The van der Waals surface area contributed by atoms with Crippen molar-refractivity contribution in [3.63, 3.8) is 0 Å². The Balaban J connectivity index is 2.87. The maximum atomic E-state index is 10.8. The lowest BCUT2D eigenvalue weighted by atomic mass is 10.3. The lowest BCUT2D eigenvalue weighted by molar-refractivity contribution is 0.0689. The summed E-state index contributed by atoms with van der Waals surface area (Å²) >= 11 is 9.05. The van der Waals surface area contributed by atoms with Crippen molar-refractivity contribution in [1.82, 2.24) is 9.61 Å². The Morgan fingerprint density at radius 2 is 2.36 bits per heavy atom. The fourth-order valence-corrected chi connectivity index (χ4v) is 2.17. The highest BCUT2D eigenvalue weighted by Crippen LogP contribution is 2.28. The van der Waals surface area contributed by atoms with Gasteiger partial charge in [-0.2, -0.15) is 5.10 Å². The molecule has 2 heterocycles. The van der Waals surface area contributed by atoms with Gasteiger partial charge in [0, 0.05) is 6.20 Å². The van der Waals surface area contributed by atoms with E-state index < -0.39 is 5.97 Å². The Hall–Kier alpha value is -1.07. The molecule has 0 aliphatic carbocycles. The number of fused-ring (bicyclic) bond motifs is 1. The van der Waals surface area contributed by atoms with Crippen LogP contribution in [0.15, 0.2) is 22.8 Å². The molecule has 0 bridgehead atoms. The topological polar surface area (TPSA) is 54.6 Å². The Morgan fingerprint density at radius 3 is 2.93 bits per heavy atom. The average Bonchev–Trinajstić information content (AvgIpc) is 2.45. The summed E-state index contributed by atoms with van der Waals surface area (Å²) < 4.78 is 1.83. The zero-order chi connectivity index (χ0) is 10.3. The summed E-state index contributed by atoms with van der Waals surface area (Å²) in [5.41, 5.74) is 0.518. The number of nitrogens with zero attached hydrogens (tertiary/aromatic N) is 2. The van der Waals surface area contributed by atoms with Crippen LogP contribution < -0.4 is 0 Å². The predicted octanol–water partition coefficient (Wildman–Crippen LogP) is 2.45. The number of aromatic carboxylic acids is 1. The molecule has 2 aromatic heterocycles. The zero-order valence-electron chi connectivity index (χ0n) is 6.74. The van der Waals surface area contributed by atoms with Crippen molar-refractivity contribution in [3.05, 3.63) is 33.5 Å². The molecule has 0 saturated heterocycles. The molecular formula is C8H4BrClN2O2. The van der Waals surface area contributed by atoms with Gasteiger partial charge in [0.15, 0.2) is 5.69 Å². The summed E-state index contributed by atoms with van der Waals surface area (Å²) in [4.78, 5) is 10.8. The van der Waals surface area contributed by atoms with E-state index in [0.717, 1.165) is 0 Å². The Bertz CT molecular complexity index is 523. The van der Waals surface area contributed by atoms with Crippen LogP contribution in [0.4, 0.5) is 0 Å². The molecule has 0 spiro atoms. The summed E-state index contributed by atoms with van der Waals surface area (Å²) in [7, 11) is 0. The normalized spacial score (nSPS) is 10.7. The van der Waals surface area contributed by atoms with Crippen LogP contribution in [-0.2, 0) is 0 Å².